The van der Waals surface area contributed by atoms with E-state index in [1.165, 1.54) is 16.7 Å². The Labute approximate surface area is 64.6 Å². The van der Waals surface area contributed by atoms with Crippen LogP contribution in [0.2, 0.25) is 0 Å². The fourth-order valence-corrected chi connectivity index (χ4v) is 0.948. The Morgan fingerprint density at radius 3 is 1.70 bits per heavy atom. The van der Waals surface area contributed by atoms with Gasteiger partial charge in [-0.1, -0.05) is 24.1 Å². The van der Waals surface area contributed by atoms with E-state index in [1.54, 1.807) is 0 Å². The summed E-state index contributed by atoms with van der Waals surface area (Å²) in [6.07, 6.45) is 3.41. The first-order valence-electron chi connectivity index (χ1n) is 3.89. The highest BCUT2D eigenvalue weighted by molar-refractivity contribution is 5.25. The van der Waals surface area contributed by atoms with Crippen molar-refractivity contribution in [3.8, 4) is 0 Å². The number of allylic oxidation sites excluding steroid dienone is 4. The van der Waals surface area contributed by atoms with Crippen LogP contribution in [0.4, 0.5) is 0 Å². The lowest BCUT2D eigenvalue weighted by molar-refractivity contribution is 1.09. The van der Waals surface area contributed by atoms with Gasteiger partial charge in [-0.25, -0.2) is 0 Å². The van der Waals surface area contributed by atoms with Gasteiger partial charge in [-0.15, -0.1) is 0 Å². The molecule has 0 heteroatoms. The molecule has 0 amide bonds. The van der Waals surface area contributed by atoms with Crippen molar-refractivity contribution in [3.63, 3.8) is 0 Å². The SMILES string of the molecule is CCC(C=C(C)C)=C(C)C. The van der Waals surface area contributed by atoms with E-state index in [-0.39, 0.29) is 0 Å². The summed E-state index contributed by atoms with van der Waals surface area (Å²) in [5.74, 6) is 0. The van der Waals surface area contributed by atoms with Gasteiger partial charge in [-0.3, -0.25) is 0 Å². The third-order valence-electron chi connectivity index (χ3n) is 1.49. The van der Waals surface area contributed by atoms with Gasteiger partial charge in [0.15, 0.2) is 0 Å². The monoisotopic (exact) mass is 138 g/mol. The van der Waals surface area contributed by atoms with Crippen LogP contribution in [0.25, 0.3) is 0 Å². The topological polar surface area (TPSA) is 0 Å². The fourth-order valence-electron chi connectivity index (χ4n) is 0.948. The summed E-state index contributed by atoms with van der Waals surface area (Å²) in [5, 5.41) is 0. The second kappa shape index (κ2) is 4.32. The van der Waals surface area contributed by atoms with Crippen molar-refractivity contribution in [1.29, 1.82) is 0 Å². The predicted octanol–water partition coefficient (Wildman–Crippen LogP) is 3.70. The lowest BCUT2D eigenvalue weighted by Crippen LogP contribution is -1.80. The molecule has 0 aliphatic heterocycles. The van der Waals surface area contributed by atoms with Gasteiger partial charge in [0.2, 0.25) is 0 Å². The summed E-state index contributed by atoms with van der Waals surface area (Å²) >= 11 is 0. The van der Waals surface area contributed by atoms with Crippen LogP contribution in [0, 0.1) is 0 Å². The summed E-state index contributed by atoms with van der Waals surface area (Å²) in [6, 6.07) is 0. The second-order valence-electron chi connectivity index (χ2n) is 3.10. The Kier molecular flexibility index (Phi) is 4.10. The molecule has 0 aliphatic rings. The Morgan fingerprint density at radius 2 is 1.60 bits per heavy atom. The number of rotatable bonds is 2. The van der Waals surface area contributed by atoms with Crippen LogP contribution in [-0.4, -0.2) is 0 Å². The van der Waals surface area contributed by atoms with E-state index in [1.807, 2.05) is 0 Å². The van der Waals surface area contributed by atoms with Gasteiger partial charge in [-0.2, -0.15) is 0 Å². The van der Waals surface area contributed by atoms with E-state index in [4.69, 9.17) is 0 Å². The van der Waals surface area contributed by atoms with Gasteiger partial charge in [0, 0.05) is 0 Å². The smallest absolute Gasteiger partial charge is 0.0308 e. The Morgan fingerprint density at radius 1 is 1.10 bits per heavy atom. The number of hydrogen-bond acceptors (Lipinski definition) is 0. The molecule has 0 aromatic rings. The average molecular weight is 138 g/mol. The van der Waals surface area contributed by atoms with Gasteiger partial charge in [0.05, 0.1) is 0 Å². The van der Waals surface area contributed by atoms with E-state index in [0.717, 1.165) is 6.42 Å². The van der Waals surface area contributed by atoms with E-state index in [2.05, 4.69) is 40.7 Å². The summed E-state index contributed by atoms with van der Waals surface area (Å²) in [6.45, 7) is 10.8. The molecule has 0 rings (SSSR count). The van der Waals surface area contributed by atoms with Crippen molar-refractivity contribution in [3.05, 3.63) is 22.8 Å². The Bertz CT molecular complexity index is 151. The molecule has 0 heterocycles. The van der Waals surface area contributed by atoms with Crippen LogP contribution in [0.1, 0.15) is 41.0 Å². The second-order valence-corrected chi connectivity index (χ2v) is 3.10. The first kappa shape index (κ1) is 9.48. The zero-order chi connectivity index (χ0) is 8.15. The quantitative estimate of drug-likeness (QED) is 0.510. The van der Waals surface area contributed by atoms with Gasteiger partial charge in [-0.05, 0) is 39.7 Å². The summed E-state index contributed by atoms with van der Waals surface area (Å²) in [5.41, 5.74) is 4.29. The summed E-state index contributed by atoms with van der Waals surface area (Å²) in [7, 11) is 0. The standard InChI is InChI=1S/C10H18/c1-6-10(9(4)5)7-8(2)3/h7H,6H2,1-5H3. The molecule has 0 radical (unpaired) electrons. The third-order valence-corrected chi connectivity index (χ3v) is 1.49. The maximum atomic E-state index is 2.26. The van der Waals surface area contributed by atoms with Crippen LogP contribution in [0.5, 0.6) is 0 Å². The predicted molar refractivity (Wildman–Crippen MR) is 48.1 cm³/mol. The van der Waals surface area contributed by atoms with Gasteiger partial charge >= 0.3 is 0 Å². The molecule has 58 valence electrons. The summed E-state index contributed by atoms with van der Waals surface area (Å²) < 4.78 is 0. The average Bonchev–Trinajstić information content (AvgIpc) is 1.81. The van der Waals surface area contributed by atoms with Crippen molar-refractivity contribution in [1.82, 2.24) is 0 Å². The molecular weight excluding hydrogens is 120 g/mol. The highest BCUT2D eigenvalue weighted by Crippen LogP contribution is 2.11. The lowest BCUT2D eigenvalue weighted by atomic mass is 10.1. The van der Waals surface area contributed by atoms with Crippen LogP contribution in [0.3, 0.4) is 0 Å². The van der Waals surface area contributed by atoms with Crippen molar-refractivity contribution in [2.75, 3.05) is 0 Å². The molecule has 0 saturated carbocycles. The molecule has 10 heavy (non-hydrogen) atoms. The molecule has 0 aromatic heterocycles. The molecule has 0 nitrogen and oxygen atoms in total. The third kappa shape index (κ3) is 3.49. The van der Waals surface area contributed by atoms with Crippen molar-refractivity contribution in [2.45, 2.75) is 41.0 Å². The van der Waals surface area contributed by atoms with Crippen LogP contribution < -0.4 is 0 Å². The minimum absolute atomic E-state index is 1.15. The molecule has 0 atom stereocenters. The maximum absolute atomic E-state index is 2.26. The molecule has 0 unspecified atom stereocenters. The van der Waals surface area contributed by atoms with Crippen LogP contribution in [-0.2, 0) is 0 Å². The molecule has 0 aliphatic carbocycles. The fraction of sp³-hybridized carbons (Fsp3) is 0.600. The minimum Gasteiger partial charge on any atom is -0.0762 e. The molecule has 0 bridgehead atoms. The summed E-state index contributed by atoms with van der Waals surface area (Å²) in [4.78, 5) is 0. The van der Waals surface area contributed by atoms with Gasteiger partial charge in [0.1, 0.15) is 0 Å². The van der Waals surface area contributed by atoms with Crippen LogP contribution >= 0.6 is 0 Å². The van der Waals surface area contributed by atoms with Crippen LogP contribution in [0.15, 0.2) is 22.8 Å². The maximum Gasteiger partial charge on any atom is -0.0308 e. The highest BCUT2D eigenvalue weighted by Gasteiger charge is 1.90. The van der Waals surface area contributed by atoms with Gasteiger partial charge < -0.3 is 0 Å². The van der Waals surface area contributed by atoms with Crippen molar-refractivity contribution >= 4 is 0 Å². The van der Waals surface area contributed by atoms with E-state index < -0.39 is 0 Å². The first-order chi connectivity index (χ1) is 4.57. The van der Waals surface area contributed by atoms with E-state index >= 15 is 0 Å². The van der Waals surface area contributed by atoms with Gasteiger partial charge in [0.25, 0.3) is 0 Å². The molecule has 0 fully saturated rings. The lowest BCUT2D eigenvalue weighted by Gasteiger charge is -2.00. The largest absolute Gasteiger partial charge is 0.0762 e. The molecule has 0 N–H and O–H groups in total. The Balaban J connectivity index is 4.40. The molecule has 0 saturated heterocycles. The number of hydrogen-bond donors (Lipinski definition) is 0. The van der Waals surface area contributed by atoms with E-state index in [9.17, 15) is 0 Å². The first-order valence-corrected chi connectivity index (χ1v) is 3.89. The zero-order valence-corrected chi connectivity index (χ0v) is 7.78. The normalized spacial score (nSPS) is 8.90. The molecule has 0 aromatic carbocycles. The van der Waals surface area contributed by atoms with Crippen molar-refractivity contribution in [2.24, 2.45) is 0 Å². The molecular formula is C10H18. The van der Waals surface area contributed by atoms with Crippen molar-refractivity contribution < 1.29 is 0 Å². The minimum atomic E-state index is 1.15. The molecule has 0 spiro atoms. The van der Waals surface area contributed by atoms with E-state index in [0.29, 0.717) is 0 Å². The Hall–Kier alpha value is -0.520. The highest BCUT2D eigenvalue weighted by atomic mass is 14.0. The zero-order valence-electron chi connectivity index (χ0n) is 7.78.